The molecule has 0 saturated heterocycles. The van der Waals surface area contributed by atoms with E-state index in [2.05, 4.69) is 25.5 Å². The SMILES string of the molecule is COC(=O)C(NCl)c1ccc(Br)cc1. The molecule has 1 aromatic rings. The predicted molar refractivity (Wildman–Crippen MR) is 57.9 cm³/mol. The summed E-state index contributed by atoms with van der Waals surface area (Å²) >= 11 is 8.75. The van der Waals surface area contributed by atoms with Gasteiger partial charge in [-0.25, -0.2) is 9.63 Å². The van der Waals surface area contributed by atoms with Crippen molar-refractivity contribution in [3.63, 3.8) is 0 Å². The number of esters is 1. The van der Waals surface area contributed by atoms with Crippen molar-refractivity contribution in [1.82, 2.24) is 4.84 Å². The minimum atomic E-state index is -0.630. The van der Waals surface area contributed by atoms with Crippen molar-refractivity contribution >= 4 is 33.7 Å². The number of methoxy groups -OCH3 is 1. The fourth-order valence-electron chi connectivity index (χ4n) is 1.02. The Morgan fingerprint density at radius 2 is 2.07 bits per heavy atom. The standard InChI is InChI=1S/C9H9BrClNO2/c1-14-9(13)8(12-11)6-2-4-7(10)5-3-6/h2-5,8,12H,1H3. The van der Waals surface area contributed by atoms with Gasteiger partial charge in [0, 0.05) is 4.47 Å². The molecule has 0 aromatic heterocycles. The van der Waals surface area contributed by atoms with Crippen LogP contribution < -0.4 is 4.84 Å². The molecule has 1 aromatic carbocycles. The van der Waals surface area contributed by atoms with E-state index >= 15 is 0 Å². The molecular weight excluding hydrogens is 269 g/mol. The Balaban J connectivity index is 2.89. The smallest absolute Gasteiger partial charge is 0.328 e. The lowest BCUT2D eigenvalue weighted by atomic mass is 10.1. The third-order valence-electron chi connectivity index (χ3n) is 1.75. The Hall–Kier alpha value is -0.580. The van der Waals surface area contributed by atoms with Crippen LogP contribution in [0.15, 0.2) is 28.7 Å². The number of carbonyl (C=O) groups is 1. The summed E-state index contributed by atoms with van der Waals surface area (Å²) in [4.78, 5) is 13.6. The first-order chi connectivity index (χ1) is 6.69. The van der Waals surface area contributed by atoms with E-state index in [9.17, 15) is 4.79 Å². The summed E-state index contributed by atoms with van der Waals surface area (Å²) in [5.41, 5.74) is 0.759. The largest absolute Gasteiger partial charge is 0.468 e. The van der Waals surface area contributed by atoms with Gasteiger partial charge >= 0.3 is 5.97 Å². The summed E-state index contributed by atoms with van der Waals surface area (Å²) in [7, 11) is 1.32. The van der Waals surface area contributed by atoms with Gasteiger partial charge < -0.3 is 4.74 Å². The zero-order valence-corrected chi connectivity index (χ0v) is 9.80. The van der Waals surface area contributed by atoms with Crippen LogP contribution in [0.3, 0.4) is 0 Å². The Bertz CT molecular complexity index is 315. The molecule has 0 bridgehead atoms. The molecule has 0 fully saturated rings. The van der Waals surface area contributed by atoms with Crippen LogP contribution in [0, 0.1) is 0 Å². The number of rotatable bonds is 3. The second-order valence-corrected chi connectivity index (χ2v) is 3.75. The molecule has 0 amide bonds. The fourth-order valence-corrected chi connectivity index (χ4v) is 1.50. The number of nitrogens with one attached hydrogen (secondary N) is 1. The highest BCUT2D eigenvalue weighted by Gasteiger charge is 2.19. The number of carbonyl (C=O) groups excluding carboxylic acids is 1. The third-order valence-corrected chi connectivity index (χ3v) is 2.50. The van der Waals surface area contributed by atoms with Crippen LogP contribution in [-0.2, 0) is 9.53 Å². The monoisotopic (exact) mass is 277 g/mol. The first kappa shape index (κ1) is 11.5. The quantitative estimate of drug-likeness (QED) is 0.681. The van der Waals surface area contributed by atoms with Gasteiger partial charge in [0.05, 0.1) is 7.11 Å². The lowest BCUT2D eigenvalue weighted by Gasteiger charge is -2.12. The summed E-state index contributed by atoms with van der Waals surface area (Å²) < 4.78 is 5.53. The van der Waals surface area contributed by atoms with Gasteiger partial charge in [-0.15, -0.1) is 0 Å². The van der Waals surface area contributed by atoms with Crippen molar-refractivity contribution in [3.8, 4) is 0 Å². The maximum Gasteiger partial charge on any atom is 0.328 e. The van der Waals surface area contributed by atoms with E-state index in [1.54, 1.807) is 12.1 Å². The highest BCUT2D eigenvalue weighted by atomic mass is 79.9. The average Bonchev–Trinajstić information content (AvgIpc) is 2.21. The first-order valence-corrected chi connectivity index (χ1v) is 5.05. The van der Waals surface area contributed by atoms with Crippen LogP contribution in [0.5, 0.6) is 0 Å². The fraction of sp³-hybridized carbons (Fsp3) is 0.222. The summed E-state index contributed by atoms with van der Waals surface area (Å²) in [6.45, 7) is 0. The van der Waals surface area contributed by atoms with Crippen molar-refractivity contribution in [1.29, 1.82) is 0 Å². The summed E-state index contributed by atoms with van der Waals surface area (Å²) in [5.74, 6) is -0.415. The van der Waals surface area contributed by atoms with Gasteiger partial charge in [0.2, 0.25) is 0 Å². The topological polar surface area (TPSA) is 38.3 Å². The van der Waals surface area contributed by atoms with Gasteiger partial charge in [0.25, 0.3) is 0 Å². The number of halogens is 2. The van der Waals surface area contributed by atoms with Crippen molar-refractivity contribution < 1.29 is 9.53 Å². The molecule has 0 heterocycles. The minimum absolute atomic E-state index is 0.415. The molecule has 1 atom stereocenters. The second kappa shape index (κ2) is 5.34. The maximum absolute atomic E-state index is 11.2. The molecule has 0 spiro atoms. The molecule has 0 aliphatic heterocycles. The van der Waals surface area contributed by atoms with E-state index in [0.29, 0.717) is 0 Å². The van der Waals surface area contributed by atoms with E-state index in [4.69, 9.17) is 11.8 Å². The van der Waals surface area contributed by atoms with Crippen molar-refractivity contribution in [3.05, 3.63) is 34.3 Å². The molecule has 14 heavy (non-hydrogen) atoms. The van der Waals surface area contributed by atoms with E-state index in [0.717, 1.165) is 10.0 Å². The van der Waals surface area contributed by atoms with Gasteiger partial charge in [0.1, 0.15) is 6.04 Å². The average molecular weight is 279 g/mol. The number of hydrogen-bond acceptors (Lipinski definition) is 3. The molecule has 0 aliphatic rings. The van der Waals surface area contributed by atoms with E-state index in [1.807, 2.05) is 12.1 Å². The van der Waals surface area contributed by atoms with E-state index < -0.39 is 12.0 Å². The highest BCUT2D eigenvalue weighted by molar-refractivity contribution is 9.10. The maximum atomic E-state index is 11.2. The lowest BCUT2D eigenvalue weighted by molar-refractivity contribution is -0.142. The molecular formula is C9H9BrClNO2. The zero-order valence-electron chi connectivity index (χ0n) is 7.46. The lowest BCUT2D eigenvalue weighted by Crippen LogP contribution is -2.23. The number of hydrogen-bond donors (Lipinski definition) is 1. The van der Waals surface area contributed by atoms with Gasteiger partial charge in [-0.2, -0.15) is 0 Å². The van der Waals surface area contributed by atoms with Crippen LogP contribution in [0.2, 0.25) is 0 Å². The molecule has 0 aliphatic carbocycles. The van der Waals surface area contributed by atoms with Gasteiger partial charge in [-0.1, -0.05) is 28.1 Å². The Kier molecular flexibility index (Phi) is 4.38. The Labute approximate surface area is 95.6 Å². The second-order valence-electron chi connectivity index (χ2n) is 2.62. The zero-order chi connectivity index (χ0) is 10.6. The summed E-state index contributed by atoms with van der Waals surface area (Å²) in [5, 5.41) is 0. The Morgan fingerprint density at radius 1 is 1.50 bits per heavy atom. The van der Waals surface area contributed by atoms with Crippen LogP contribution in [-0.4, -0.2) is 13.1 Å². The number of benzene rings is 1. The van der Waals surface area contributed by atoms with Gasteiger partial charge in [-0.3, -0.25) is 0 Å². The van der Waals surface area contributed by atoms with Crippen LogP contribution in [0.4, 0.5) is 0 Å². The molecule has 0 radical (unpaired) electrons. The summed E-state index contributed by atoms with van der Waals surface area (Å²) in [6.07, 6.45) is 0. The minimum Gasteiger partial charge on any atom is -0.468 e. The predicted octanol–water partition coefficient (Wildman–Crippen LogP) is 2.41. The van der Waals surface area contributed by atoms with Crippen molar-refractivity contribution in [2.24, 2.45) is 0 Å². The van der Waals surface area contributed by atoms with Crippen molar-refractivity contribution in [2.45, 2.75) is 6.04 Å². The molecule has 1 N–H and O–H groups in total. The first-order valence-electron chi connectivity index (χ1n) is 3.88. The molecule has 76 valence electrons. The Morgan fingerprint density at radius 3 is 2.50 bits per heavy atom. The normalized spacial score (nSPS) is 12.2. The molecule has 0 saturated carbocycles. The molecule has 3 nitrogen and oxygen atoms in total. The van der Waals surface area contributed by atoms with Gasteiger partial charge in [-0.05, 0) is 29.5 Å². The van der Waals surface area contributed by atoms with Crippen LogP contribution >= 0.6 is 27.7 Å². The molecule has 1 unspecified atom stereocenters. The van der Waals surface area contributed by atoms with E-state index in [1.165, 1.54) is 7.11 Å². The molecule has 1 rings (SSSR count). The molecule has 5 heteroatoms. The number of ether oxygens (including phenoxy) is 1. The van der Waals surface area contributed by atoms with Crippen LogP contribution in [0.25, 0.3) is 0 Å². The highest BCUT2D eigenvalue weighted by Crippen LogP contribution is 2.18. The van der Waals surface area contributed by atoms with E-state index in [-0.39, 0.29) is 0 Å². The van der Waals surface area contributed by atoms with Crippen LogP contribution in [0.1, 0.15) is 11.6 Å². The third kappa shape index (κ3) is 2.70. The summed E-state index contributed by atoms with van der Waals surface area (Å²) in [6, 6.07) is 6.62. The van der Waals surface area contributed by atoms with Crippen molar-refractivity contribution in [2.75, 3.05) is 7.11 Å². The van der Waals surface area contributed by atoms with Gasteiger partial charge in [0.15, 0.2) is 0 Å².